The average Bonchev–Trinajstić information content (AvgIpc) is 2.97. The van der Waals surface area contributed by atoms with Gasteiger partial charge in [0.15, 0.2) is 5.13 Å². The van der Waals surface area contributed by atoms with Crippen LogP contribution < -0.4 is 4.90 Å². The molecular formula is C12H15N3O2S2. The second kappa shape index (κ2) is 6.12. The molecule has 0 fully saturated rings. The van der Waals surface area contributed by atoms with Gasteiger partial charge in [0.2, 0.25) is 0 Å². The molecule has 2 heterocycles. The first-order valence-electron chi connectivity index (χ1n) is 5.82. The largest absolute Gasteiger partial charge is 0.481 e. The summed E-state index contributed by atoms with van der Waals surface area (Å²) in [6.07, 6.45) is 0.611. The standard InChI is InChI=1S/C12H15N3O2S2/c1-8-10(19-7-13-8)5-15(2)12-14-9(6-18-12)3-4-11(16)17/h6-7H,3-5H2,1-2H3,(H,16,17). The molecule has 5 nitrogen and oxygen atoms in total. The number of rotatable bonds is 6. The first kappa shape index (κ1) is 14.0. The van der Waals surface area contributed by atoms with Gasteiger partial charge < -0.3 is 10.0 Å². The number of anilines is 1. The van der Waals surface area contributed by atoms with Crippen LogP contribution in [-0.4, -0.2) is 28.1 Å². The van der Waals surface area contributed by atoms with E-state index in [4.69, 9.17) is 5.11 Å². The Bertz CT molecular complexity index is 565. The van der Waals surface area contributed by atoms with Crippen LogP contribution in [-0.2, 0) is 17.8 Å². The summed E-state index contributed by atoms with van der Waals surface area (Å²) in [5, 5.41) is 11.5. The number of hydrogen-bond donors (Lipinski definition) is 1. The molecule has 0 saturated carbocycles. The SMILES string of the molecule is Cc1ncsc1CN(C)c1nc(CCC(=O)O)cs1. The summed E-state index contributed by atoms with van der Waals surface area (Å²) in [5.41, 5.74) is 3.74. The van der Waals surface area contributed by atoms with Crippen molar-refractivity contribution in [2.75, 3.05) is 11.9 Å². The molecule has 2 aromatic heterocycles. The third kappa shape index (κ3) is 3.74. The van der Waals surface area contributed by atoms with Gasteiger partial charge in [-0.15, -0.1) is 22.7 Å². The molecule has 0 atom stereocenters. The van der Waals surface area contributed by atoms with Gasteiger partial charge >= 0.3 is 5.97 Å². The van der Waals surface area contributed by atoms with E-state index in [1.165, 1.54) is 4.88 Å². The number of hydrogen-bond acceptors (Lipinski definition) is 6. The van der Waals surface area contributed by atoms with Crippen molar-refractivity contribution in [2.45, 2.75) is 26.3 Å². The van der Waals surface area contributed by atoms with Gasteiger partial charge in [0.25, 0.3) is 0 Å². The highest BCUT2D eigenvalue weighted by molar-refractivity contribution is 7.13. The fourth-order valence-corrected chi connectivity index (χ4v) is 3.24. The second-order valence-corrected chi connectivity index (χ2v) is 6.01. The molecule has 102 valence electrons. The molecule has 19 heavy (non-hydrogen) atoms. The third-order valence-corrected chi connectivity index (χ3v) is 4.61. The summed E-state index contributed by atoms with van der Waals surface area (Å²) in [6.45, 7) is 2.78. The molecule has 0 aromatic carbocycles. The van der Waals surface area contributed by atoms with Crippen LogP contribution in [0.5, 0.6) is 0 Å². The number of carboxylic acids is 1. The van der Waals surface area contributed by atoms with Crippen molar-refractivity contribution in [3.63, 3.8) is 0 Å². The second-order valence-electron chi connectivity index (χ2n) is 4.23. The van der Waals surface area contributed by atoms with Crippen LogP contribution in [0.15, 0.2) is 10.9 Å². The number of carboxylic acid groups (broad SMARTS) is 1. The van der Waals surface area contributed by atoms with E-state index in [9.17, 15) is 4.79 Å². The van der Waals surface area contributed by atoms with Crippen LogP contribution in [0.25, 0.3) is 0 Å². The maximum absolute atomic E-state index is 10.5. The van der Waals surface area contributed by atoms with E-state index in [1.807, 2.05) is 24.9 Å². The number of aryl methyl sites for hydroxylation is 2. The quantitative estimate of drug-likeness (QED) is 0.887. The van der Waals surface area contributed by atoms with Crippen molar-refractivity contribution in [2.24, 2.45) is 0 Å². The van der Waals surface area contributed by atoms with Gasteiger partial charge in [-0.05, 0) is 6.92 Å². The zero-order chi connectivity index (χ0) is 13.8. The molecule has 2 aromatic rings. The third-order valence-electron chi connectivity index (χ3n) is 2.69. The molecule has 0 amide bonds. The molecule has 0 aliphatic carbocycles. The molecule has 0 spiro atoms. The molecular weight excluding hydrogens is 282 g/mol. The predicted molar refractivity (Wildman–Crippen MR) is 77.0 cm³/mol. The molecule has 0 radical (unpaired) electrons. The van der Waals surface area contributed by atoms with Crippen molar-refractivity contribution in [1.82, 2.24) is 9.97 Å². The Morgan fingerprint density at radius 2 is 2.26 bits per heavy atom. The van der Waals surface area contributed by atoms with Crippen molar-refractivity contribution in [3.8, 4) is 0 Å². The minimum atomic E-state index is -0.789. The first-order valence-corrected chi connectivity index (χ1v) is 7.58. The molecule has 2 rings (SSSR count). The molecule has 0 bridgehead atoms. The highest BCUT2D eigenvalue weighted by Crippen LogP contribution is 2.23. The number of nitrogens with zero attached hydrogens (tertiary/aromatic N) is 3. The summed E-state index contributed by atoms with van der Waals surface area (Å²) in [5.74, 6) is -0.789. The van der Waals surface area contributed by atoms with E-state index in [0.717, 1.165) is 23.1 Å². The van der Waals surface area contributed by atoms with Gasteiger partial charge in [0, 0.05) is 23.7 Å². The Morgan fingerprint density at radius 1 is 1.47 bits per heavy atom. The number of aliphatic carboxylic acids is 1. The molecule has 0 aliphatic heterocycles. The van der Waals surface area contributed by atoms with E-state index >= 15 is 0 Å². The van der Waals surface area contributed by atoms with Crippen LogP contribution in [0.4, 0.5) is 5.13 Å². The Kier molecular flexibility index (Phi) is 4.49. The Hall–Kier alpha value is -1.47. The Morgan fingerprint density at radius 3 is 2.89 bits per heavy atom. The Labute approximate surface area is 119 Å². The monoisotopic (exact) mass is 297 g/mol. The summed E-state index contributed by atoms with van der Waals surface area (Å²) in [4.78, 5) is 22.5. The average molecular weight is 297 g/mol. The van der Waals surface area contributed by atoms with Crippen LogP contribution in [0.1, 0.15) is 22.7 Å². The van der Waals surface area contributed by atoms with Gasteiger partial charge in [0.1, 0.15) is 0 Å². The predicted octanol–water partition coefficient (Wildman–Crippen LogP) is 2.56. The molecule has 1 N–H and O–H groups in total. The molecule has 0 aliphatic rings. The fraction of sp³-hybridized carbons (Fsp3) is 0.417. The van der Waals surface area contributed by atoms with E-state index in [-0.39, 0.29) is 6.42 Å². The van der Waals surface area contributed by atoms with Crippen LogP contribution in [0, 0.1) is 6.92 Å². The van der Waals surface area contributed by atoms with Gasteiger partial charge in [0.05, 0.1) is 29.9 Å². The van der Waals surface area contributed by atoms with Gasteiger partial charge in [-0.2, -0.15) is 0 Å². The van der Waals surface area contributed by atoms with Gasteiger partial charge in [-0.25, -0.2) is 9.97 Å². The smallest absolute Gasteiger partial charge is 0.303 e. The van der Waals surface area contributed by atoms with Crippen molar-refractivity contribution in [1.29, 1.82) is 0 Å². The van der Waals surface area contributed by atoms with E-state index < -0.39 is 5.97 Å². The minimum Gasteiger partial charge on any atom is -0.481 e. The van der Waals surface area contributed by atoms with E-state index in [2.05, 4.69) is 14.9 Å². The lowest BCUT2D eigenvalue weighted by Crippen LogP contribution is -2.16. The van der Waals surface area contributed by atoms with Crippen LogP contribution in [0.2, 0.25) is 0 Å². The van der Waals surface area contributed by atoms with Crippen molar-refractivity contribution in [3.05, 3.63) is 27.2 Å². The van der Waals surface area contributed by atoms with Crippen molar-refractivity contribution >= 4 is 33.8 Å². The van der Waals surface area contributed by atoms with Gasteiger partial charge in [-0.1, -0.05) is 0 Å². The zero-order valence-electron chi connectivity index (χ0n) is 10.8. The number of thiazole rings is 2. The topological polar surface area (TPSA) is 66.3 Å². The van der Waals surface area contributed by atoms with Crippen molar-refractivity contribution < 1.29 is 9.90 Å². The summed E-state index contributed by atoms with van der Waals surface area (Å²) in [6, 6.07) is 0. The van der Waals surface area contributed by atoms with Crippen LogP contribution >= 0.6 is 22.7 Å². The highest BCUT2D eigenvalue weighted by Gasteiger charge is 2.11. The molecule has 0 unspecified atom stereocenters. The van der Waals surface area contributed by atoms with Crippen LogP contribution in [0.3, 0.4) is 0 Å². The maximum atomic E-state index is 10.5. The lowest BCUT2D eigenvalue weighted by Gasteiger charge is -2.14. The highest BCUT2D eigenvalue weighted by atomic mass is 32.1. The Balaban J connectivity index is 1.98. The normalized spacial score (nSPS) is 10.6. The van der Waals surface area contributed by atoms with E-state index in [0.29, 0.717) is 6.42 Å². The van der Waals surface area contributed by atoms with Gasteiger partial charge in [-0.3, -0.25) is 4.79 Å². The lowest BCUT2D eigenvalue weighted by molar-refractivity contribution is -0.136. The summed E-state index contributed by atoms with van der Waals surface area (Å²) < 4.78 is 0. The minimum absolute atomic E-state index is 0.126. The fourth-order valence-electron chi connectivity index (χ4n) is 1.58. The summed E-state index contributed by atoms with van der Waals surface area (Å²) >= 11 is 3.18. The molecule has 0 saturated heterocycles. The number of carbonyl (C=O) groups is 1. The molecule has 7 heteroatoms. The zero-order valence-corrected chi connectivity index (χ0v) is 12.4. The van der Waals surface area contributed by atoms with E-state index in [1.54, 1.807) is 22.7 Å². The maximum Gasteiger partial charge on any atom is 0.303 e. The first-order chi connectivity index (χ1) is 9.06. The lowest BCUT2D eigenvalue weighted by atomic mass is 10.2. The summed E-state index contributed by atoms with van der Waals surface area (Å²) in [7, 11) is 1.99. The number of aromatic nitrogens is 2.